The molecule has 1 saturated heterocycles. The van der Waals surface area contributed by atoms with Crippen LogP contribution in [0, 0.1) is 0 Å². The summed E-state index contributed by atoms with van der Waals surface area (Å²) in [4.78, 5) is 6.27. The van der Waals surface area contributed by atoms with Crippen molar-refractivity contribution >= 4 is 5.82 Å². The zero-order chi connectivity index (χ0) is 20.6. The van der Waals surface area contributed by atoms with Gasteiger partial charge in [0.2, 0.25) is 0 Å². The second kappa shape index (κ2) is 24.9. The minimum atomic E-state index is 0.572. The molecule has 0 aromatic carbocycles. The molecule has 0 unspecified atom stereocenters. The van der Waals surface area contributed by atoms with Crippen molar-refractivity contribution in [2.45, 2.75) is 105 Å². The van der Waals surface area contributed by atoms with Gasteiger partial charge in [-0.2, -0.15) is 0 Å². The maximum absolute atomic E-state index is 5.25. The third-order valence-electron chi connectivity index (χ3n) is 4.08. The smallest absolute Gasteiger partial charge is 0.123 e. The van der Waals surface area contributed by atoms with Crippen molar-refractivity contribution in [2.24, 2.45) is 0 Å². The van der Waals surface area contributed by atoms with E-state index in [1.807, 2.05) is 12.1 Å². The van der Waals surface area contributed by atoms with Crippen LogP contribution in [0.15, 0.2) is 24.4 Å². The Kier molecular flexibility index (Phi) is 25.9. The number of hydrogen-bond donors (Lipinski definition) is 1. The molecule has 0 amide bonds. The Morgan fingerprint density at radius 1 is 0.741 bits per heavy atom. The van der Waals surface area contributed by atoms with E-state index in [1.165, 1.54) is 90.3 Å². The molecule has 1 aromatic heterocycles. The largest absolute Gasteiger partial charge is 0.384 e. The molecule has 2 heterocycles. The van der Waals surface area contributed by atoms with E-state index in [9.17, 15) is 0 Å². The molecule has 0 atom stereocenters. The summed E-state index contributed by atoms with van der Waals surface area (Å²) < 4.78 is 0. The summed E-state index contributed by atoms with van der Waals surface area (Å²) in [6.07, 6.45) is 17.5. The number of pyridine rings is 1. The number of nitrogens with two attached hydrogens (primary N) is 1. The first kappa shape index (κ1) is 28.1. The Labute approximate surface area is 171 Å². The molecule has 2 N–H and O–H groups in total. The Morgan fingerprint density at radius 2 is 1.15 bits per heavy atom. The molecule has 2 fully saturated rings. The van der Waals surface area contributed by atoms with E-state index >= 15 is 0 Å². The van der Waals surface area contributed by atoms with E-state index in [0.717, 1.165) is 0 Å². The standard InChI is InChI=1S/C7H15N.C6H12.C5H6N2.2C3H8/c1-2-8-6-4-3-5-7-8;1-2-4-6-5-3-1;6-5-3-1-2-4-7-5;2*1-3-2/h2-7H2,1H3;1-6H2;1-4H,(H2,6,7);2*3H2,1-2H3. The van der Waals surface area contributed by atoms with Crippen LogP contribution in [0.3, 0.4) is 0 Å². The number of nitrogens with zero attached hydrogens (tertiary/aromatic N) is 2. The number of nitrogen functional groups attached to an aromatic ring is 1. The van der Waals surface area contributed by atoms with Gasteiger partial charge in [0.25, 0.3) is 0 Å². The normalized spacial score (nSPS) is 15.9. The molecule has 1 saturated carbocycles. The van der Waals surface area contributed by atoms with Crippen molar-refractivity contribution in [3.8, 4) is 0 Å². The van der Waals surface area contributed by atoms with E-state index in [0.29, 0.717) is 5.82 Å². The highest BCUT2D eigenvalue weighted by atomic mass is 15.1. The van der Waals surface area contributed by atoms with E-state index in [-0.39, 0.29) is 0 Å². The summed E-state index contributed by atoms with van der Waals surface area (Å²) in [5.41, 5.74) is 5.25. The number of piperidine rings is 1. The Morgan fingerprint density at radius 3 is 1.37 bits per heavy atom. The maximum Gasteiger partial charge on any atom is 0.123 e. The van der Waals surface area contributed by atoms with E-state index in [2.05, 4.69) is 44.5 Å². The summed E-state index contributed by atoms with van der Waals surface area (Å²) in [5, 5.41) is 0. The minimum absolute atomic E-state index is 0.572. The van der Waals surface area contributed by atoms with Gasteiger partial charge in [-0.15, -0.1) is 0 Å². The Balaban J connectivity index is 0. The third kappa shape index (κ3) is 24.9. The molecule has 1 aliphatic heterocycles. The van der Waals surface area contributed by atoms with E-state index < -0.39 is 0 Å². The quantitative estimate of drug-likeness (QED) is 0.555. The van der Waals surface area contributed by atoms with Gasteiger partial charge in [-0.1, -0.05) is 98.5 Å². The van der Waals surface area contributed by atoms with Gasteiger partial charge in [-0.05, 0) is 44.6 Å². The SMILES string of the molecule is C1CCCCC1.CCC.CCC.CCN1CCCCC1.Nc1ccccn1. The van der Waals surface area contributed by atoms with E-state index in [1.54, 1.807) is 12.3 Å². The van der Waals surface area contributed by atoms with Crippen LogP contribution in [0.1, 0.15) is 105 Å². The van der Waals surface area contributed by atoms with Crippen molar-refractivity contribution in [2.75, 3.05) is 25.4 Å². The van der Waals surface area contributed by atoms with Gasteiger partial charge >= 0.3 is 0 Å². The predicted octanol–water partition coefficient (Wildman–Crippen LogP) is 7.33. The van der Waals surface area contributed by atoms with Crippen LogP contribution < -0.4 is 5.73 Å². The van der Waals surface area contributed by atoms with Crippen LogP contribution in [-0.2, 0) is 0 Å². The third-order valence-corrected chi connectivity index (χ3v) is 4.08. The van der Waals surface area contributed by atoms with Gasteiger partial charge in [0, 0.05) is 6.20 Å². The lowest BCUT2D eigenvalue weighted by Gasteiger charge is -2.24. The van der Waals surface area contributed by atoms with Gasteiger partial charge < -0.3 is 10.6 Å². The highest BCUT2D eigenvalue weighted by molar-refractivity contribution is 5.25. The fourth-order valence-corrected chi connectivity index (χ4v) is 2.71. The van der Waals surface area contributed by atoms with Crippen molar-refractivity contribution in [1.82, 2.24) is 9.88 Å². The molecule has 3 nitrogen and oxygen atoms in total. The van der Waals surface area contributed by atoms with Crippen LogP contribution in [-0.4, -0.2) is 29.5 Å². The molecule has 1 aromatic rings. The molecule has 1 aliphatic carbocycles. The molecule has 27 heavy (non-hydrogen) atoms. The van der Waals surface area contributed by atoms with Gasteiger partial charge in [0.05, 0.1) is 0 Å². The van der Waals surface area contributed by atoms with Gasteiger partial charge in [-0.25, -0.2) is 4.98 Å². The predicted molar refractivity (Wildman–Crippen MR) is 124 cm³/mol. The Bertz CT molecular complexity index is 330. The first-order valence-electron chi connectivity index (χ1n) is 11.5. The first-order valence-corrected chi connectivity index (χ1v) is 11.5. The maximum atomic E-state index is 5.25. The van der Waals surface area contributed by atoms with Crippen molar-refractivity contribution < 1.29 is 0 Å². The number of aromatic nitrogens is 1. The average molecular weight is 380 g/mol. The van der Waals surface area contributed by atoms with Gasteiger partial charge in [-0.3, -0.25) is 0 Å². The number of likely N-dealkylation sites (tertiary alicyclic amines) is 1. The first-order chi connectivity index (χ1) is 13.2. The summed E-state index contributed by atoms with van der Waals surface area (Å²) >= 11 is 0. The summed E-state index contributed by atoms with van der Waals surface area (Å²) in [5.74, 6) is 0.572. The topological polar surface area (TPSA) is 42.1 Å². The Hall–Kier alpha value is -1.09. The lowest BCUT2D eigenvalue weighted by atomic mass is 10.0. The lowest BCUT2D eigenvalue weighted by Crippen LogP contribution is -2.29. The van der Waals surface area contributed by atoms with Crippen LogP contribution in [0.25, 0.3) is 0 Å². The van der Waals surface area contributed by atoms with Crippen molar-refractivity contribution in [1.29, 1.82) is 0 Å². The summed E-state index contributed by atoms with van der Waals surface area (Å²) in [6, 6.07) is 5.43. The summed E-state index contributed by atoms with van der Waals surface area (Å²) in [7, 11) is 0. The average Bonchev–Trinajstić information content (AvgIpc) is 2.73. The monoisotopic (exact) mass is 379 g/mol. The highest BCUT2D eigenvalue weighted by Gasteiger charge is 2.05. The molecule has 2 aliphatic rings. The van der Waals surface area contributed by atoms with Crippen molar-refractivity contribution in [3.05, 3.63) is 24.4 Å². The second-order valence-electron chi connectivity index (χ2n) is 7.29. The number of anilines is 1. The van der Waals surface area contributed by atoms with Crippen LogP contribution >= 0.6 is 0 Å². The molecular weight excluding hydrogens is 330 g/mol. The molecule has 3 rings (SSSR count). The molecular formula is C24H49N3. The zero-order valence-corrected chi connectivity index (χ0v) is 19.2. The minimum Gasteiger partial charge on any atom is -0.384 e. The van der Waals surface area contributed by atoms with Gasteiger partial charge in [0.15, 0.2) is 0 Å². The summed E-state index contributed by atoms with van der Waals surface area (Å²) in [6.45, 7) is 14.7. The second-order valence-corrected chi connectivity index (χ2v) is 7.29. The van der Waals surface area contributed by atoms with E-state index in [4.69, 9.17) is 5.73 Å². The molecule has 0 spiro atoms. The molecule has 0 bridgehead atoms. The molecule has 160 valence electrons. The molecule has 3 heteroatoms. The van der Waals surface area contributed by atoms with Crippen LogP contribution in [0.4, 0.5) is 5.82 Å². The van der Waals surface area contributed by atoms with Gasteiger partial charge in [0.1, 0.15) is 5.82 Å². The fourth-order valence-electron chi connectivity index (χ4n) is 2.71. The van der Waals surface area contributed by atoms with Crippen LogP contribution in [0.5, 0.6) is 0 Å². The van der Waals surface area contributed by atoms with Crippen molar-refractivity contribution in [3.63, 3.8) is 0 Å². The lowest BCUT2D eigenvalue weighted by molar-refractivity contribution is 0.240. The highest BCUT2D eigenvalue weighted by Crippen LogP contribution is 2.15. The number of hydrogen-bond acceptors (Lipinski definition) is 3. The fraction of sp³-hybridized carbons (Fsp3) is 0.792. The zero-order valence-electron chi connectivity index (χ0n) is 19.2. The van der Waals surface area contributed by atoms with Crippen LogP contribution in [0.2, 0.25) is 0 Å². The molecule has 0 radical (unpaired) electrons. The number of rotatable bonds is 1.